The van der Waals surface area contributed by atoms with E-state index in [9.17, 15) is 8.42 Å². The Hall–Kier alpha value is -0.130. The summed E-state index contributed by atoms with van der Waals surface area (Å²) in [5.74, 6) is 0. The largest absolute Gasteiger partial charge is 0.385 e. The summed E-state index contributed by atoms with van der Waals surface area (Å²) in [6, 6.07) is -0.0253. The monoisotopic (exact) mass is 251 g/mol. The highest BCUT2D eigenvalue weighted by atomic mass is 32.2. The van der Waals surface area contributed by atoms with Gasteiger partial charge < -0.3 is 10.1 Å². The van der Waals surface area contributed by atoms with Crippen molar-refractivity contribution >= 4 is 9.84 Å². The van der Waals surface area contributed by atoms with Crippen LogP contribution in [0.3, 0.4) is 0 Å². The van der Waals surface area contributed by atoms with E-state index >= 15 is 0 Å². The molecule has 0 spiro atoms. The van der Waals surface area contributed by atoms with Crippen molar-refractivity contribution in [3.05, 3.63) is 0 Å². The SMILES string of the molecule is CCNC(CCCOC)C(C)(C)S(C)(=O)=O. The zero-order valence-electron chi connectivity index (χ0n) is 11.0. The Morgan fingerprint density at radius 1 is 1.38 bits per heavy atom. The quantitative estimate of drug-likeness (QED) is 0.659. The molecule has 0 aliphatic rings. The van der Waals surface area contributed by atoms with E-state index in [0.29, 0.717) is 6.61 Å². The molecule has 1 N–H and O–H groups in total. The predicted octanol–water partition coefficient (Wildman–Crippen LogP) is 1.21. The van der Waals surface area contributed by atoms with Crippen molar-refractivity contribution in [2.24, 2.45) is 0 Å². The highest BCUT2D eigenvalue weighted by Crippen LogP contribution is 2.23. The molecular weight excluding hydrogens is 226 g/mol. The lowest BCUT2D eigenvalue weighted by Crippen LogP contribution is -2.51. The summed E-state index contributed by atoms with van der Waals surface area (Å²) in [5, 5.41) is 3.25. The topological polar surface area (TPSA) is 55.4 Å². The molecule has 0 aliphatic heterocycles. The average Bonchev–Trinajstić information content (AvgIpc) is 2.15. The summed E-state index contributed by atoms with van der Waals surface area (Å²) in [6.45, 7) is 6.99. The minimum absolute atomic E-state index is 0.0253. The molecule has 0 amide bonds. The molecule has 0 heterocycles. The summed E-state index contributed by atoms with van der Waals surface area (Å²) < 4.78 is 27.7. The Balaban J connectivity index is 4.63. The molecule has 5 heteroatoms. The van der Waals surface area contributed by atoms with Gasteiger partial charge in [0, 0.05) is 26.0 Å². The zero-order valence-corrected chi connectivity index (χ0v) is 11.9. The molecular formula is C11H25NO3S. The molecule has 0 aromatic rings. The number of nitrogens with one attached hydrogen (secondary N) is 1. The summed E-state index contributed by atoms with van der Waals surface area (Å²) in [5.41, 5.74) is 0. The van der Waals surface area contributed by atoms with E-state index in [0.717, 1.165) is 19.4 Å². The Bertz CT molecular complexity index is 286. The highest BCUT2D eigenvalue weighted by molar-refractivity contribution is 7.92. The van der Waals surface area contributed by atoms with Gasteiger partial charge in [-0.1, -0.05) is 6.92 Å². The molecule has 0 aromatic heterocycles. The highest BCUT2D eigenvalue weighted by Gasteiger charge is 2.37. The molecule has 0 fully saturated rings. The van der Waals surface area contributed by atoms with E-state index in [1.54, 1.807) is 21.0 Å². The minimum Gasteiger partial charge on any atom is -0.385 e. The molecule has 98 valence electrons. The second kappa shape index (κ2) is 6.57. The standard InChI is InChI=1S/C11H25NO3S/c1-6-12-10(8-7-9-15-4)11(2,3)16(5,13)14/h10,12H,6-9H2,1-5H3. The lowest BCUT2D eigenvalue weighted by atomic mass is 9.98. The van der Waals surface area contributed by atoms with Gasteiger partial charge in [-0.3, -0.25) is 0 Å². The van der Waals surface area contributed by atoms with E-state index in [1.165, 1.54) is 6.26 Å². The van der Waals surface area contributed by atoms with E-state index in [2.05, 4.69) is 5.32 Å². The first-order valence-electron chi connectivity index (χ1n) is 5.69. The average molecular weight is 251 g/mol. The predicted molar refractivity (Wildman–Crippen MR) is 67.5 cm³/mol. The van der Waals surface area contributed by atoms with Crippen molar-refractivity contribution < 1.29 is 13.2 Å². The van der Waals surface area contributed by atoms with E-state index in [1.807, 2.05) is 6.92 Å². The van der Waals surface area contributed by atoms with Crippen molar-refractivity contribution in [2.75, 3.05) is 26.5 Å². The third-order valence-corrected chi connectivity index (χ3v) is 5.28. The maximum atomic E-state index is 11.7. The van der Waals surface area contributed by atoms with Gasteiger partial charge in [-0.05, 0) is 33.2 Å². The fourth-order valence-electron chi connectivity index (χ4n) is 1.63. The summed E-state index contributed by atoms with van der Waals surface area (Å²) in [6.07, 6.45) is 2.97. The van der Waals surface area contributed by atoms with Crippen LogP contribution in [0, 0.1) is 0 Å². The number of hydrogen-bond acceptors (Lipinski definition) is 4. The molecule has 0 aliphatic carbocycles. The van der Waals surface area contributed by atoms with E-state index < -0.39 is 14.6 Å². The Morgan fingerprint density at radius 3 is 2.31 bits per heavy atom. The van der Waals surface area contributed by atoms with Gasteiger partial charge in [0.15, 0.2) is 9.84 Å². The van der Waals surface area contributed by atoms with E-state index in [4.69, 9.17) is 4.74 Å². The molecule has 0 saturated carbocycles. The second-order valence-electron chi connectivity index (χ2n) is 4.62. The fourth-order valence-corrected chi connectivity index (χ4v) is 2.35. The number of ether oxygens (including phenoxy) is 1. The lowest BCUT2D eigenvalue weighted by molar-refractivity contribution is 0.186. The van der Waals surface area contributed by atoms with Crippen LogP contribution in [0.4, 0.5) is 0 Å². The second-order valence-corrected chi connectivity index (χ2v) is 7.22. The fraction of sp³-hybridized carbons (Fsp3) is 1.00. The van der Waals surface area contributed by atoms with Crippen LogP contribution in [-0.4, -0.2) is 45.7 Å². The van der Waals surface area contributed by atoms with Crippen LogP contribution in [-0.2, 0) is 14.6 Å². The zero-order chi connectivity index (χ0) is 12.8. The van der Waals surface area contributed by atoms with Gasteiger partial charge >= 0.3 is 0 Å². The number of sulfone groups is 1. The van der Waals surface area contributed by atoms with Crippen LogP contribution in [0.15, 0.2) is 0 Å². The van der Waals surface area contributed by atoms with Crippen molar-refractivity contribution in [3.63, 3.8) is 0 Å². The smallest absolute Gasteiger partial charge is 0.154 e. The first-order valence-corrected chi connectivity index (χ1v) is 7.58. The van der Waals surface area contributed by atoms with Crippen molar-refractivity contribution in [1.82, 2.24) is 5.32 Å². The first kappa shape index (κ1) is 15.9. The summed E-state index contributed by atoms with van der Waals surface area (Å²) in [4.78, 5) is 0. The van der Waals surface area contributed by atoms with Gasteiger partial charge in [-0.15, -0.1) is 0 Å². The minimum atomic E-state index is -3.06. The molecule has 0 aromatic carbocycles. The van der Waals surface area contributed by atoms with Crippen molar-refractivity contribution in [3.8, 4) is 0 Å². The normalized spacial score (nSPS) is 15.1. The molecule has 0 rings (SSSR count). The summed E-state index contributed by atoms with van der Waals surface area (Å²) >= 11 is 0. The molecule has 1 atom stereocenters. The van der Waals surface area contributed by atoms with Gasteiger partial charge in [0.1, 0.15) is 0 Å². The van der Waals surface area contributed by atoms with Crippen LogP contribution < -0.4 is 5.32 Å². The first-order chi connectivity index (χ1) is 7.27. The summed E-state index contributed by atoms with van der Waals surface area (Å²) in [7, 11) is -1.41. The van der Waals surface area contributed by atoms with Gasteiger partial charge in [-0.2, -0.15) is 0 Å². The maximum absolute atomic E-state index is 11.7. The maximum Gasteiger partial charge on any atom is 0.154 e. The molecule has 0 bridgehead atoms. The Morgan fingerprint density at radius 2 is 1.94 bits per heavy atom. The van der Waals surface area contributed by atoms with Gasteiger partial charge in [0.05, 0.1) is 4.75 Å². The number of methoxy groups -OCH3 is 1. The van der Waals surface area contributed by atoms with Gasteiger partial charge in [0.2, 0.25) is 0 Å². The molecule has 4 nitrogen and oxygen atoms in total. The van der Waals surface area contributed by atoms with Crippen LogP contribution in [0.2, 0.25) is 0 Å². The molecule has 0 saturated heterocycles. The molecule has 0 radical (unpaired) electrons. The van der Waals surface area contributed by atoms with Gasteiger partial charge in [0.25, 0.3) is 0 Å². The number of hydrogen-bond donors (Lipinski definition) is 1. The van der Waals surface area contributed by atoms with E-state index in [-0.39, 0.29) is 6.04 Å². The lowest BCUT2D eigenvalue weighted by Gasteiger charge is -2.33. The van der Waals surface area contributed by atoms with Gasteiger partial charge in [-0.25, -0.2) is 8.42 Å². The van der Waals surface area contributed by atoms with Crippen LogP contribution in [0.1, 0.15) is 33.6 Å². The molecule has 16 heavy (non-hydrogen) atoms. The van der Waals surface area contributed by atoms with Crippen molar-refractivity contribution in [2.45, 2.75) is 44.4 Å². The third-order valence-electron chi connectivity index (χ3n) is 3.09. The molecule has 1 unspecified atom stereocenters. The third kappa shape index (κ3) is 4.39. The Labute approximate surface area is 99.7 Å². The van der Waals surface area contributed by atoms with Crippen molar-refractivity contribution in [1.29, 1.82) is 0 Å². The number of rotatable bonds is 8. The van der Waals surface area contributed by atoms with Crippen LogP contribution in [0.5, 0.6) is 0 Å². The Kier molecular flexibility index (Phi) is 6.51. The van der Waals surface area contributed by atoms with Crippen LogP contribution >= 0.6 is 0 Å². The van der Waals surface area contributed by atoms with Crippen LogP contribution in [0.25, 0.3) is 0 Å².